The second-order valence-corrected chi connectivity index (χ2v) is 11.8. The van der Waals surface area contributed by atoms with Gasteiger partial charge in [-0.3, -0.25) is 4.79 Å². The van der Waals surface area contributed by atoms with Crippen molar-refractivity contribution in [1.29, 1.82) is 0 Å². The van der Waals surface area contributed by atoms with E-state index < -0.39 is 11.8 Å². The second-order valence-electron chi connectivity index (χ2n) is 11.8. The summed E-state index contributed by atoms with van der Waals surface area (Å²) < 4.78 is 5.79. The molecule has 0 bridgehead atoms. The van der Waals surface area contributed by atoms with Gasteiger partial charge in [0.15, 0.2) is 0 Å². The highest BCUT2D eigenvalue weighted by Gasteiger charge is 2.32. The third-order valence-corrected chi connectivity index (χ3v) is 8.46. The molecule has 0 saturated carbocycles. The number of carbonyl (C=O) groups is 2. The van der Waals surface area contributed by atoms with Crippen LogP contribution in [0, 0.1) is 19.3 Å². The van der Waals surface area contributed by atoms with Crippen molar-refractivity contribution in [1.82, 2.24) is 0 Å². The van der Waals surface area contributed by atoms with Gasteiger partial charge in [0.25, 0.3) is 5.78 Å². The summed E-state index contributed by atoms with van der Waals surface area (Å²) in [5.41, 5.74) is 8.74. The van der Waals surface area contributed by atoms with E-state index in [1.165, 1.54) is 22.3 Å². The molecule has 1 N–H and O–H groups in total. The second kappa shape index (κ2) is 12.3. The fraction of sp³-hybridized carbons (Fsp3) is 0.429. The summed E-state index contributed by atoms with van der Waals surface area (Å²) in [6.45, 7) is 15.6. The van der Waals surface area contributed by atoms with Gasteiger partial charge in [0, 0.05) is 18.1 Å². The Morgan fingerprint density at radius 3 is 1.87 bits per heavy atom. The minimum atomic E-state index is -1.44. The summed E-state index contributed by atoms with van der Waals surface area (Å²) in [5.74, 6) is -2.33. The van der Waals surface area contributed by atoms with Gasteiger partial charge in [-0.25, -0.2) is 4.79 Å². The van der Waals surface area contributed by atoms with E-state index in [9.17, 15) is 9.59 Å². The third-order valence-electron chi connectivity index (χ3n) is 8.46. The molecule has 0 amide bonds. The van der Waals surface area contributed by atoms with Crippen LogP contribution in [0.1, 0.15) is 92.1 Å². The summed E-state index contributed by atoms with van der Waals surface area (Å²) in [4.78, 5) is 22.8. The van der Waals surface area contributed by atoms with Crippen LogP contribution in [-0.4, -0.2) is 30.1 Å². The van der Waals surface area contributed by atoms with Crippen LogP contribution in [0.5, 0.6) is 0 Å². The number of carbonyl (C=O) groups excluding carboxylic acids is 1. The van der Waals surface area contributed by atoms with Crippen molar-refractivity contribution < 1.29 is 19.4 Å². The molecular formula is C35H44O4. The van der Waals surface area contributed by atoms with Crippen molar-refractivity contribution in [3.05, 3.63) is 94.0 Å². The minimum Gasteiger partial charge on any atom is -0.475 e. The van der Waals surface area contributed by atoms with E-state index in [1.807, 2.05) is 19.2 Å². The molecule has 1 atom stereocenters. The van der Waals surface area contributed by atoms with Crippen molar-refractivity contribution in [2.45, 2.75) is 85.7 Å². The number of carboxylic acid groups (broad SMARTS) is 1. The van der Waals surface area contributed by atoms with Gasteiger partial charge >= 0.3 is 5.97 Å². The number of methoxy groups -OCH3 is 1. The van der Waals surface area contributed by atoms with Crippen molar-refractivity contribution in [2.24, 2.45) is 5.41 Å². The van der Waals surface area contributed by atoms with Gasteiger partial charge in [0.05, 0.1) is 6.10 Å². The van der Waals surface area contributed by atoms with Crippen molar-refractivity contribution in [3.8, 4) is 11.1 Å². The molecule has 0 radical (unpaired) electrons. The molecule has 0 aliphatic carbocycles. The molecule has 4 heteroatoms. The Morgan fingerprint density at radius 1 is 0.846 bits per heavy atom. The number of ether oxygens (including phenoxy) is 1. The first kappa shape index (κ1) is 30.3. The molecule has 39 heavy (non-hydrogen) atoms. The van der Waals surface area contributed by atoms with E-state index in [0.29, 0.717) is 0 Å². The number of benzene rings is 3. The highest BCUT2D eigenvalue weighted by atomic mass is 16.5. The van der Waals surface area contributed by atoms with Crippen LogP contribution in [0.3, 0.4) is 0 Å². The van der Waals surface area contributed by atoms with Crippen molar-refractivity contribution in [3.63, 3.8) is 0 Å². The molecular weight excluding hydrogens is 484 g/mol. The number of aliphatic carboxylic acids is 1. The lowest BCUT2D eigenvalue weighted by Gasteiger charge is -2.34. The standard InChI is InChI=1S/C35H44O4/c1-9-35(10-2,28-17-15-25(23(3)21-28)16-20-31(39-8)34(5,6)7)29-18-19-30(24(4)22-29)26-11-13-27(14-12-26)32(36)33(37)38/h11-15,17-19,21-22,31H,9-10,16,20H2,1-8H3,(H,37,38). The fourth-order valence-electron chi connectivity index (χ4n) is 5.91. The van der Waals surface area contributed by atoms with Gasteiger partial charge in [-0.2, -0.15) is 0 Å². The van der Waals surface area contributed by atoms with E-state index in [0.717, 1.165) is 42.4 Å². The van der Waals surface area contributed by atoms with Crippen LogP contribution in [0.15, 0.2) is 60.7 Å². The Bertz CT molecular complexity index is 1310. The Labute approximate surface area is 234 Å². The van der Waals surface area contributed by atoms with Gasteiger partial charge in [-0.1, -0.05) is 95.3 Å². The zero-order chi connectivity index (χ0) is 29.0. The topological polar surface area (TPSA) is 63.6 Å². The number of aryl methyl sites for hydroxylation is 3. The normalized spacial score (nSPS) is 12.8. The maximum atomic E-state index is 11.8. The molecule has 3 aromatic rings. The molecule has 3 rings (SSSR count). The molecule has 4 nitrogen and oxygen atoms in total. The smallest absolute Gasteiger partial charge is 0.377 e. The molecule has 0 fully saturated rings. The van der Waals surface area contributed by atoms with E-state index in [4.69, 9.17) is 9.84 Å². The number of ketones is 1. The average Bonchev–Trinajstić information content (AvgIpc) is 2.90. The van der Waals surface area contributed by atoms with Gasteiger partial charge in [-0.05, 0) is 83.9 Å². The average molecular weight is 529 g/mol. The van der Waals surface area contributed by atoms with E-state index >= 15 is 0 Å². The monoisotopic (exact) mass is 528 g/mol. The predicted molar refractivity (Wildman–Crippen MR) is 160 cm³/mol. The Kier molecular flexibility index (Phi) is 9.55. The molecule has 1 unspecified atom stereocenters. The van der Waals surface area contributed by atoms with Crippen LogP contribution in [-0.2, 0) is 21.4 Å². The molecule has 0 saturated heterocycles. The summed E-state index contributed by atoms with van der Waals surface area (Å²) >= 11 is 0. The van der Waals surface area contributed by atoms with Crippen LogP contribution in [0.4, 0.5) is 0 Å². The highest BCUT2D eigenvalue weighted by molar-refractivity contribution is 6.39. The molecule has 208 valence electrons. The first-order valence-corrected chi connectivity index (χ1v) is 14.0. The van der Waals surface area contributed by atoms with Gasteiger partial charge < -0.3 is 9.84 Å². The molecule has 0 aromatic heterocycles. The Balaban J connectivity index is 1.91. The van der Waals surface area contributed by atoms with Crippen molar-refractivity contribution >= 4 is 11.8 Å². The fourth-order valence-corrected chi connectivity index (χ4v) is 5.91. The van der Waals surface area contributed by atoms with Gasteiger partial charge in [-0.15, -0.1) is 0 Å². The lowest BCUT2D eigenvalue weighted by atomic mass is 9.69. The first-order valence-electron chi connectivity index (χ1n) is 14.0. The molecule has 3 aromatic carbocycles. The summed E-state index contributed by atoms with van der Waals surface area (Å²) in [7, 11) is 1.81. The summed E-state index contributed by atoms with van der Waals surface area (Å²) in [6, 6.07) is 20.5. The molecule has 0 aliphatic heterocycles. The predicted octanol–water partition coefficient (Wildman–Crippen LogP) is 8.34. The first-order chi connectivity index (χ1) is 18.4. The number of hydrogen-bond acceptors (Lipinski definition) is 3. The van der Waals surface area contributed by atoms with E-state index in [-0.39, 0.29) is 22.5 Å². The maximum Gasteiger partial charge on any atom is 0.377 e. The SMILES string of the molecule is CCC(CC)(c1ccc(CCC(OC)C(C)(C)C)c(C)c1)c1ccc(-c2ccc(C(=O)C(=O)O)cc2)c(C)c1. The van der Waals surface area contributed by atoms with E-state index in [1.54, 1.807) is 12.1 Å². The summed E-state index contributed by atoms with van der Waals surface area (Å²) in [5, 5.41) is 8.98. The number of carboxylic acids is 1. The van der Waals surface area contributed by atoms with Gasteiger partial charge in [0.1, 0.15) is 0 Å². The van der Waals surface area contributed by atoms with Crippen LogP contribution in [0.2, 0.25) is 0 Å². The van der Waals surface area contributed by atoms with Gasteiger partial charge in [0.2, 0.25) is 0 Å². The largest absolute Gasteiger partial charge is 0.475 e. The maximum absolute atomic E-state index is 11.8. The molecule has 0 spiro atoms. The Hall–Kier alpha value is -3.24. The Morgan fingerprint density at radius 2 is 1.41 bits per heavy atom. The molecule has 0 aliphatic rings. The van der Waals surface area contributed by atoms with Crippen molar-refractivity contribution in [2.75, 3.05) is 7.11 Å². The minimum absolute atomic E-state index is 0.0924. The van der Waals surface area contributed by atoms with Crippen LogP contribution < -0.4 is 0 Å². The third kappa shape index (κ3) is 6.50. The quantitative estimate of drug-likeness (QED) is 0.201. The zero-order valence-electron chi connectivity index (χ0n) is 24.9. The lowest BCUT2D eigenvalue weighted by molar-refractivity contribution is -0.131. The zero-order valence-corrected chi connectivity index (χ0v) is 24.9. The van der Waals surface area contributed by atoms with Crippen LogP contribution >= 0.6 is 0 Å². The summed E-state index contributed by atoms with van der Waals surface area (Å²) in [6.07, 6.45) is 4.19. The lowest BCUT2D eigenvalue weighted by Crippen LogP contribution is -2.29. The molecule has 0 heterocycles. The highest BCUT2D eigenvalue weighted by Crippen LogP contribution is 2.41. The van der Waals surface area contributed by atoms with E-state index in [2.05, 4.69) is 84.9 Å². The van der Waals surface area contributed by atoms with Crippen LogP contribution in [0.25, 0.3) is 11.1 Å². The number of Topliss-reactive ketones (excluding diaryl/α,β-unsaturated/α-hetero) is 1. The number of rotatable bonds is 11. The number of hydrogen-bond donors (Lipinski definition) is 1.